The third kappa shape index (κ3) is 5.95. The summed E-state index contributed by atoms with van der Waals surface area (Å²) >= 11 is 1.55. The fourth-order valence-electron chi connectivity index (χ4n) is 5.29. The molecule has 0 N–H and O–H groups in total. The van der Waals surface area contributed by atoms with Gasteiger partial charge in [-0.1, -0.05) is 67.6 Å². The number of rotatable bonds is 10. The number of carbonyl (C=O) groups excluding carboxylic acids is 1. The summed E-state index contributed by atoms with van der Waals surface area (Å²) in [6.07, 6.45) is 7.74. The third-order valence-electron chi connectivity index (χ3n) is 8.03. The van der Waals surface area contributed by atoms with Gasteiger partial charge in [0.1, 0.15) is 16.4 Å². The molecule has 1 fully saturated rings. The van der Waals surface area contributed by atoms with Crippen LogP contribution in [0.25, 0.3) is 26.6 Å². The van der Waals surface area contributed by atoms with E-state index in [-0.39, 0.29) is 23.0 Å². The molecular formula is C34H33N5O3S. The van der Waals surface area contributed by atoms with E-state index >= 15 is 0 Å². The van der Waals surface area contributed by atoms with Crippen LogP contribution < -0.4 is 4.74 Å². The normalized spacial score (nSPS) is 14.4. The van der Waals surface area contributed by atoms with Crippen molar-refractivity contribution < 1.29 is 14.1 Å². The monoisotopic (exact) mass is 591 g/mol. The Kier molecular flexibility index (Phi) is 6.85. The molecule has 7 rings (SSSR count). The summed E-state index contributed by atoms with van der Waals surface area (Å²) in [4.78, 5) is 28.6. The Morgan fingerprint density at radius 3 is 2.58 bits per heavy atom. The molecule has 0 unspecified atom stereocenters. The number of ether oxygens (including phenoxy) is 1. The maximum atomic E-state index is 12.7. The van der Waals surface area contributed by atoms with Gasteiger partial charge in [-0.2, -0.15) is 0 Å². The van der Waals surface area contributed by atoms with Crippen molar-refractivity contribution in [1.29, 1.82) is 0 Å². The van der Waals surface area contributed by atoms with E-state index in [1.54, 1.807) is 11.3 Å². The van der Waals surface area contributed by atoms with Crippen molar-refractivity contribution in [2.75, 3.05) is 6.61 Å². The van der Waals surface area contributed by atoms with Crippen LogP contribution in [0.2, 0.25) is 0 Å². The summed E-state index contributed by atoms with van der Waals surface area (Å²) in [5, 5.41) is 4.08. The van der Waals surface area contributed by atoms with E-state index in [1.807, 2.05) is 60.9 Å². The maximum Gasteiger partial charge on any atom is 0.214 e. The second-order valence-electron chi connectivity index (χ2n) is 12.7. The molecule has 1 saturated carbocycles. The van der Waals surface area contributed by atoms with Crippen LogP contribution in [-0.2, 0) is 29.5 Å². The molecule has 0 aliphatic heterocycles. The zero-order valence-electron chi connectivity index (χ0n) is 24.5. The lowest BCUT2D eigenvalue weighted by molar-refractivity contribution is -0.117. The number of thiazole rings is 1. The van der Waals surface area contributed by atoms with Gasteiger partial charge in [0.05, 0.1) is 29.9 Å². The minimum absolute atomic E-state index is 0.104. The Balaban J connectivity index is 0.993. The van der Waals surface area contributed by atoms with Crippen LogP contribution in [0.3, 0.4) is 0 Å². The second kappa shape index (κ2) is 10.7. The Hall–Kier alpha value is -4.37. The summed E-state index contributed by atoms with van der Waals surface area (Å²) in [5.41, 5.74) is 5.68. The van der Waals surface area contributed by atoms with E-state index in [0.29, 0.717) is 24.6 Å². The average Bonchev–Trinajstić information content (AvgIpc) is 3.28. The predicted octanol–water partition coefficient (Wildman–Crippen LogP) is 7.05. The minimum atomic E-state index is -0.133. The molecule has 6 aromatic rings. The lowest BCUT2D eigenvalue weighted by atomic mass is 9.93. The molecule has 0 spiro atoms. The molecule has 5 heterocycles. The van der Waals surface area contributed by atoms with Gasteiger partial charge in [-0.05, 0) is 43.0 Å². The van der Waals surface area contributed by atoms with Crippen LogP contribution in [0.5, 0.6) is 5.88 Å². The van der Waals surface area contributed by atoms with Gasteiger partial charge in [-0.15, -0.1) is 0 Å². The number of ketones is 1. The lowest BCUT2D eigenvalue weighted by Gasteiger charge is -2.15. The van der Waals surface area contributed by atoms with Gasteiger partial charge in [0, 0.05) is 53.0 Å². The fourth-order valence-corrected chi connectivity index (χ4v) is 6.26. The molecule has 1 aromatic carbocycles. The average molecular weight is 592 g/mol. The largest absolute Gasteiger partial charge is 0.477 e. The zero-order chi connectivity index (χ0) is 29.6. The lowest BCUT2D eigenvalue weighted by Crippen LogP contribution is -2.17. The van der Waals surface area contributed by atoms with Crippen LogP contribution in [0.1, 0.15) is 56.3 Å². The van der Waals surface area contributed by atoms with Crippen LogP contribution >= 0.6 is 11.3 Å². The highest BCUT2D eigenvalue weighted by molar-refractivity contribution is 7.23. The van der Waals surface area contributed by atoms with Crippen molar-refractivity contribution in [3.63, 3.8) is 0 Å². The fraction of sp³-hybridized carbons (Fsp3) is 0.324. The highest BCUT2D eigenvalue weighted by Crippen LogP contribution is 2.48. The highest BCUT2D eigenvalue weighted by Gasteiger charge is 2.44. The van der Waals surface area contributed by atoms with Crippen LogP contribution in [-0.4, -0.2) is 36.9 Å². The summed E-state index contributed by atoms with van der Waals surface area (Å²) in [5.74, 6) is 1.54. The van der Waals surface area contributed by atoms with Crippen molar-refractivity contribution in [3.8, 4) is 17.1 Å². The molecule has 0 amide bonds. The number of nitrogens with zero attached hydrogens (tertiary/aromatic N) is 5. The highest BCUT2D eigenvalue weighted by atomic mass is 32.1. The van der Waals surface area contributed by atoms with Gasteiger partial charge < -0.3 is 9.26 Å². The van der Waals surface area contributed by atoms with Gasteiger partial charge >= 0.3 is 0 Å². The standard InChI is InChI=1S/C34H33N5O3S/c1-33(2,3)29-18-25(38-42-29)17-26(40)16-22-7-9-23(10-8-22)27-20-39-28-11-12-30(37-31(28)43-32(39)36-27)41-21-34(13-14-34)19-24-6-4-5-15-35-24/h4-12,15,18,20H,13-14,16-17,19,21H2,1-3H3. The Morgan fingerprint density at radius 2 is 1.86 bits per heavy atom. The van der Waals surface area contributed by atoms with Gasteiger partial charge in [-0.3, -0.25) is 14.2 Å². The summed E-state index contributed by atoms with van der Waals surface area (Å²) in [7, 11) is 0. The first-order valence-electron chi connectivity index (χ1n) is 14.6. The molecule has 0 saturated heterocycles. The van der Waals surface area contributed by atoms with Crippen molar-refractivity contribution in [1.82, 2.24) is 24.5 Å². The van der Waals surface area contributed by atoms with Crippen molar-refractivity contribution in [3.05, 3.63) is 95.8 Å². The topological polar surface area (TPSA) is 95.4 Å². The number of carbonyl (C=O) groups is 1. The molecular weight excluding hydrogens is 558 g/mol. The van der Waals surface area contributed by atoms with Crippen molar-refractivity contribution >= 4 is 32.4 Å². The van der Waals surface area contributed by atoms with E-state index < -0.39 is 0 Å². The van der Waals surface area contributed by atoms with Crippen LogP contribution in [0.15, 0.2) is 77.6 Å². The number of hydrogen-bond donors (Lipinski definition) is 0. The SMILES string of the molecule is CC(C)(C)c1cc(CC(=O)Cc2ccc(-c3cn4c(n3)sc3nc(OCC5(Cc6ccccn6)CC5)ccc34)cc2)no1. The first kappa shape index (κ1) is 27.5. The number of hydrogen-bond acceptors (Lipinski definition) is 8. The van der Waals surface area contributed by atoms with Gasteiger partial charge in [-0.25, -0.2) is 9.97 Å². The van der Waals surface area contributed by atoms with Crippen LogP contribution in [0, 0.1) is 5.41 Å². The van der Waals surface area contributed by atoms with E-state index in [0.717, 1.165) is 62.8 Å². The molecule has 218 valence electrons. The van der Waals surface area contributed by atoms with Crippen LogP contribution in [0.4, 0.5) is 0 Å². The quantitative estimate of drug-likeness (QED) is 0.168. The molecule has 8 nitrogen and oxygen atoms in total. The molecule has 43 heavy (non-hydrogen) atoms. The van der Waals surface area contributed by atoms with Crippen molar-refractivity contribution in [2.24, 2.45) is 5.41 Å². The van der Waals surface area contributed by atoms with E-state index in [9.17, 15) is 4.79 Å². The second-order valence-corrected chi connectivity index (χ2v) is 13.6. The summed E-state index contributed by atoms with van der Waals surface area (Å²) in [6.45, 7) is 6.83. The Labute approximate surface area is 253 Å². The molecule has 9 heteroatoms. The summed E-state index contributed by atoms with van der Waals surface area (Å²) < 4.78 is 13.7. The number of pyridine rings is 2. The zero-order valence-corrected chi connectivity index (χ0v) is 25.4. The first-order valence-corrected chi connectivity index (χ1v) is 15.4. The molecule has 0 bridgehead atoms. The van der Waals surface area contributed by atoms with Gasteiger partial charge in [0.15, 0.2) is 4.96 Å². The predicted molar refractivity (Wildman–Crippen MR) is 167 cm³/mol. The Morgan fingerprint density at radius 1 is 1.02 bits per heavy atom. The molecule has 0 radical (unpaired) electrons. The number of aromatic nitrogens is 5. The molecule has 1 aliphatic rings. The molecule has 1 aliphatic carbocycles. The Bertz CT molecular complexity index is 1910. The van der Waals surface area contributed by atoms with E-state index in [1.165, 1.54) is 0 Å². The number of Topliss-reactive ketones (excluding diaryl/α,β-unsaturated/α-hetero) is 1. The van der Waals surface area contributed by atoms with Crippen molar-refractivity contribution in [2.45, 2.75) is 58.3 Å². The van der Waals surface area contributed by atoms with E-state index in [4.69, 9.17) is 19.2 Å². The van der Waals surface area contributed by atoms with Gasteiger partial charge in [0.2, 0.25) is 5.88 Å². The number of fused-ring (bicyclic) bond motifs is 3. The first-order chi connectivity index (χ1) is 20.7. The van der Waals surface area contributed by atoms with E-state index in [2.05, 4.69) is 47.4 Å². The molecule has 5 aromatic heterocycles. The van der Waals surface area contributed by atoms with Gasteiger partial charge in [0.25, 0.3) is 0 Å². The smallest absolute Gasteiger partial charge is 0.214 e. The summed E-state index contributed by atoms with van der Waals surface area (Å²) in [6, 6.07) is 20.0. The minimum Gasteiger partial charge on any atom is -0.477 e. The number of imidazole rings is 1. The number of benzene rings is 1. The maximum absolute atomic E-state index is 12.7. The molecule has 0 atom stereocenters. The third-order valence-corrected chi connectivity index (χ3v) is 8.99.